The van der Waals surface area contributed by atoms with Crippen molar-refractivity contribution < 1.29 is 9.84 Å². The van der Waals surface area contributed by atoms with Crippen molar-refractivity contribution >= 4 is 0 Å². The van der Waals surface area contributed by atoms with Crippen LogP contribution >= 0.6 is 0 Å². The molecule has 11 heavy (non-hydrogen) atoms. The predicted octanol–water partition coefficient (Wildman–Crippen LogP) is 1.74. The zero-order valence-electron chi connectivity index (χ0n) is 7.42. The Hall–Kier alpha value is -0.340. The van der Waals surface area contributed by atoms with E-state index in [9.17, 15) is 5.11 Å². The molecule has 66 valence electrons. The minimum atomic E-state index is -0.247. The second-order valence-corrected chi connectivity index (χ2v) is 2.80. The van der Waals surface area contributed by atoms with Crippen molar-refractivity contribution in [2.24, 2.45) is 0 Å². The lowest BCUT2D eigenvalue weighted by Crippen LogP contribution is -2.16. The fourth-order valence-electron chi connectivity index (χ4n) is 0.907. The highest BCUT2D eigenvalue weighted by Crippen LogP contribution is 2.06. The van der Waals surface area contributed by atoms with Gasteiger partial charge < -0.3 is 9.84 Å². The molecule has 0 saturated carbocycles. The third-order valence-corrected chi connectivity index (χ3v) is 1.71. The van der Waals surface area contributed by atoms with Crippen molar-refractivity contribution in [3.63, 3.8) is 0 Å². The molecule has 2 atom stereocenters. The van der Waals surface area contributed by atoms with Gasteiger partial charge in [0, 0.05) is 7.11 Å². The number of ether oxygens (including phenoxy) is 1. The Morgan fingerprint density at radius 3 is 2.73 bits per heavy atom. The summed E-state index contributed by atoms with van der Waals surface area (Å²) in [6.07, 6.45) is 4.09. The van der Waals surface area contributed by atoms with Gasteiger partial charge in [0.25, 0.3) is 0 Å². The van der Waals surface area contributed by atoms with E-state index in [1.807, 2.05) is 13.0 Å². The standard InChI is InChI=1S/C9H18O2/c1-4-5-6-9(10)7-8(2)11-3/h4,8-10H,1,5-7H2,2-3H3. The van der Waals surface area contributed by atoms with Crippen LogP contribution in [0.2, 0.25) is 0 Å². The fraction of sp³-hybridized carbons (Fsp3) is 0.778. The molecule has 0 amide bonds. The van der Waals surface area contributed by atoms with Gasteiger partial charge in [0.1, 0.15) is 0 Å². The zero-order chi connectivity index (χ0) is 8.69. The number of methoxy groups -OCH3 is 1. The summed E-state index contributed by atoms with van der Waals surface area (Å²) in [5.41, 5.74) is 0. The molecule has 0 radical (unpaired) electrons. The Bertz CT molecular complexity index is 102. The SMILES string of the molecule is C=CCCC(O)CC(C)OC. The maximum Gasteiger partial charge on any atom is 0.0567 e. The van der Waals surface area contributed by atoms with E-state index in [0.29, 0.717) is 6.42 Å². The minimum absolute atomic E-state index is 0.148. The average molecular weight is 158 g/mol. The first kappa shape index (κ1) is 10.7. The van der Waals surface area contributed by atoms with Crippen LogP contribution in [0, 0.1) is 0 Å². The summed E-state index contributed by atoms with van der Waals surface area (Å²) in [5, 5.41) is 9.35. The van der Waals surface area contributed by atoms with E-state index in [1.165, 1.54) is 0 Å². The highest BCUT2D eigenvalue weighted by Gasteiger charge is 2.07. The number of aliphatic hydroxyl groups excluding tert-OH is 1. The van der Waals surface area contributed by atoms with Crippen LogP contribution in [0.15, 0.2) is 12.7 Å². The molecule has 0 fully saturated rings. The average Bonchev–Trinajstić information content (AvgIpc) is 2.00. The fourth-order valence-corrected chi connectivity index (χ4v) is 0.907. The monoisotopic (exact) mass is 158 g/mol. The Labute approximate surface area is 68.9 Å². The van der Waals surface area contributed by atoms with Crippen LogP contribution in [0.3, 0.4) is 0 Å². The molecule has 2 nitrogen and oxygen atoms in total. The molecule has 0 saturated heterocycles. The number of aliphatic hydroxyl groups is 1. The van der Waals surface area contributed by atoms with E-state index in [2.05, 4.69) is 6.58 Å². The van der Waals surface area contributed by atoms with Crippen molar-refractivity contribution in [2.45, 2.75) is 38.4 Å². The van der Waals surface area contributed by atoms with Gasteiger partial charge in [0.15, 0.2) is 0 Å². The lowest BCUT2D eigenvalue weighted by atomic mass is 10.1. The van der Waals surface area contributed by atoms with Gasteiger partial charge in [-0.3, -0.25) is 0 Å². The van der Waals surface area contributed by atoms with E-state index in [-0.39, 0.29) is 12.2 Å². The van der Waals surface area contributed by atoms with Crippen LogP contribution in [0.5, 0.6) is 0 Å². The van der Waals surface area contributed by atoms with Gasteiger partial charge in [-0.1, -0.05) is 6.08 Å². The molecule has 2 unspecified atom stereocenters. The van der Waals surface area contributed by atoms with Gasteiger partial charge in [-0.05, 0) is 26.2 Å². The quantitative estimate of drug-likeness (QED) is 0.597. The second-order valence-electron chi connectivity index (χ2n) is 2.80. The van der Waals surface area contributed by atoms with E-state index in [4.69, 9.17) is 4.74 Å². The van der Waals surface area contributed by atoms with Crippen LogP contribution in [-0.4, -0.2) is 24.4 Å². The second kappa shape index (κ2) is 6.38. The van der Waals surface area contributed by atoms with Gasteiger partial charge in [0.2, 0.25) is 0 Å². The van der Waals surface area contributed by atoms with Crippen LogP contribution in [0.4, 0.5) is 0 Å². The van der Waals surface area contributed by atoms with Crippen molar-refractivity contribution in [1.82, 2.24) is 0 Å². The summed E-state index contributed by atoms with van der Waals surface area (Å²) in [6, 6.07) is 0. The Morgan fingerprint density at radius 1 is 1.64 bits per heavy atom. The summed E-state index contributed by atoms with van der Waals surface area (Å²) in [5.74, 6) is 0. The third-order valence-electron chi connectivity index (χ3n) is 1.71. The normalized spacial score (nSPS) is 15.9. The molecule has 0 aliphatic carbocycles. The number of rotatable bonds is 6. The molecule has 0 bridgehead atoms. The summed E-state index contributed by atoms with van der Waals surface area (Å²) in [6.45, 7) is 5.55. The molecule has 0 aromatic rings. The van der Waals surface area contributed by atoms with Crippen molar-refractivity contribution in [3.8, 4) is 0 Å². The topological polar surface area (TPSA) is 29.5 Å². The third kappa shape index (κ3) is 6.07. The van der Waals surface area contributed by atoms with Crippen LogP contribution in [0.1, 0.15) is 26.2 Å². The van der Waals surface area contributed by atoms with Crippen molar-refractivity contribution in [3.05, 3.63) is 12.7 Å². The largest absolute Gasteiger partial charge is 0.393 e. The zero-order valence-corrected chi connectivity index (χ0v) is 7.42. The molecule has 0 heterocycles. The maximum absolute atomic E-state index is 9.35. The summed E-state index contributed by atoms with van der Waals surface area (Å²) < 4.78 is 5.01. The Balaban J connectivity index is 3.34. The number of allylic oxidation sites excluding steroid dienone is 1. The van der Waals surface area contributed by atoms with E-state index < -0.39 is 0 Å². The van der Waals surface area contributed by atoms with Crippen molar-refractivity contribution in [2.75, 3.05) is 7.11 Å². The van der Waals surface area contributed by atoms with E-state index >= 15 is 0 Å². The molecule has 2 heteroatoms. The van der Waals surface area contributed by atoms with Gasteiger partial charge in [-0.2, -0.15) is 0 Å². The molecule has 0 spiro atoms. The van der Waals surface area contributed by atoms with Crippen LogP contribution < -0.4 is 0 Å². The first-order valence-corrected chi connectivity index (χ1v) is 4.02. The number of hydrogen-bond donors (Lipinski definition) is 1. The van der Waals surface area contributed by atoms with E-state index in [0.717, 1.165) is 12.8 Å². The number of hydrogen-bond acceptors (Lipinski definition) is 2. The first-order valence-electron chi connectivity index (χ1n) is 4.02. The maximum atomic E-state index is 9.35. The van der Waals surface area contributed by atoms with Gasteiger partial charge >= 0.3 is 0 Å². The molecule has 0 aromatic carbocycles. The summed E-state index contributed by atoms with van der Waals surface area (Å²) >= 11 is 0. The van der Waals surface area contributed by atoms with Gasteiger partial charge in [-0.15, -0.1) is 6.58 Å². The van der Waals surface area contributed by atoms with Crippen LogP contribution in [0.25, 0.3) is 0 Å². The van der Waals surface area contributed by atoms with Gasteiger partial charge in [-0.25, -0.2) is 0 Å². The summed E-state index contributed by atoms with van der Waals surface area (Å²) in [7, 11) is 1.66. The molecule has 0 aliphatic heterocycles. The summed E-state index contributed by atoms with van der Waals surface area (Å²) in [4.78, 5) is 0. The Morgan fingerprint density at radius 2 is 2.27 bits per heavy atom. The van der Waals surface area contributed by atoms with Crippen molar-refractivity contribution in [1.29, 1.82) is 0 Å². The Kier molecular flexibility index (Phi) is 6.18. The highest BCUT2D eigenvalue weighted by molar-refractivity contribution is 4.70. The smallest absolute Gasteiger partial charge is 0.0567 e. The predicted molar refractivity (Wildman–Crippen MR) is 46.5 cm³/mol. The van der Waals surface area contributed by atoms with Crippen LogP contribution in [-0.2, 0) is 4.74 Å². The minimum Gasteiger partial charge on any atom is -0.393 e. The molecular weight excluding hydrogens is 140 g/mol. The molecule has 0 rings (SSSR count). The van der Waals surface area contributed by atoms with Gasteiger partial charge in [0.05, 0.1) is 12.2 Å². The molecule has 0 aromatic heterocycles. The highest BCUT2D eigenvalue weighted by atomic mass is 16.5. The first-order chi connectivity index (χ1) is 5.20. The lowest BCUT2D eigenvalue weighted by molar-refractivity contribution is 0.0533. The lowest BCUT2D eigenvalue weighted by Gasteiger charge is -2.13. The molecule has 1 N–H and O–H groups in total. The van der Waals surface area contributed by atoms with E-state index in [1.54, 1.807) is 7.11 Å². The molecule has 0 aliphatic rings. The molecular formula is C9H18O2.